The fraction of sp³-hybridized carbons (Fsp3) is 0.286. The Kier molecular flexibility index (Phi) is 1.99. The van der Waals surface area contributed by atoms with Gasteiger partial charge in [0.25, 0.3) is 0 Å². The molecule has 0 aliphatic carbocycles. The van der Waals surface area contributed by atoms with Gasteiger partial charge in [-0.05, 0) is 39.0 Å². The molecule has 86 valence electrons. The van der Waals surface area contributed by atoms with Crippen LogP contribution in [-0.4, -0.2) is 14.8 Å². The summed E-state index contributed by atoms with van der Waals surface area (Å²) in [5, 5.41) is 6.96. The Morgan fingerprint density at radius 1 is 1.00 bits per heavy atom. The monoisotopic (exact) mass is 225 g/mol. The zero-order valence-corrected chi connectivity index (χ0v) is 10.3. The van der Waals surface area contributed by atoms with E-state index in [1.807, 2.05) is 29.1 Å². The van der Waals surface area contributed by atoms with Crippen LogP contribution in [0.25, 0.3) is 21.8 Å². The first-order valence-electron chi connectivity index (χ1n) is 5.79. The van der Waals surface area contributed by atoms with Gasteiger partial charge in [-0.2, -0.15) is 5.10 Å². The van der Waals surface area contributed by atoms with Crippen molar-refractivity contribution in [3.8, 4) is 0 Å². The summed E-state index contributed by atoms with van der Waals surface area (Å²) in [6.07, 6.45) is 3.93. The number of pyridine rings is 1. The standard InChI is InChI=1S/C14H15N3/c1-14(2,3)17-9-11-10-5-4-8-15-12(10)6-7-13(11)16-17/h4-9H,1-3H3. The highest BCUT2D eigenvalue weighted by atomic mass is 15.3. The molecule has 0 aliphatic rings. The van der Waals surface area contributed by atoms with Crippen molar-refractivity contribution >= 4 is 21.8 Å². The van der Waals surface area contributed by atoms with Crippen molar-refractivity contribution in [3.63, 3.8) is 0 Å². The second-order valence-corrected chi connectivity index (χ2v) is 5.31. The molecule has 3 heteroatoms. The van der Waals surface area contributed by atoms with Crippen LogP contribution in [0, 0.1) is 0 Å². The van der Waals surface area contributed by atoms with Crippen LogP contribution >= 0.6 is 0 Å². The maximum atomic E-state index is 4.62. The van der Waals surface area contributed by atoms with Crippen LogP contribution < -0.4 is 0 Å². The van der Waals surface area contributed by atoms with E-state index in [0.29, 0.717) is 0 Å². The van der Waals surface area contributed by atoms with Crippen molar-refractivity contribution in [2.45, 2.75) is 26.3 Å². The highest BCUT2D eigenvalue weighted by molar-refractivity contribution is 6.04. The third kappa shape index (κ3) is 1.58. The minimum Gasteiger partial charge on any atom is -0.266 e. The van der Waals surface area contributed by atoms with Gasteiger partial charge in [0.15, 0.2) is 0 Å². The highest BCUT2D eigenvalue weighted by Crippen LogP contribution is 2.25. The van der Waals surface area contributed by atoms with Crippen molar-refractivity contribution in [2.24, 2.45) is 0 Å². The third-order valence-corrected chi connectivity index (χ3v) is 2.96. The summed E-state index contributed by atoms with van der Waals surface area (Å²) in [5.41, 5.74) is 2.06. The first kappa shape index (κ1) is 10.3. The van der Waals surface area contributed by atoms with Crippen molar-refractivity contribution in [3.05, 3.63) is 36.7 Å². The lowest BCUT2D eigenvalue weighted by atomic mass is 10.1. The molecule has 0 fully saturated rings. The second kappa shape index (κ2) is 3.29. The number of nitrogens with zero attached hydrogens (tertiary/aromatic N) is 3. The largest absolute Gasteiger partial charge is 0.266 e. The predicted octanol–water partition coefficient (Wildman–Crippen LogP) is 3.34. The number of rotatable bonds is 0. The van der Waals surface area contributed by atoms with E-state index in [2.05, 4.69) is 43.1 Å². The molecule has 17 heavy (non-hydrogen) atoms. The maximum Gasteiger partial charge on any atom is 0.0931 e. The Balaban J connectivity index is 2.39. The molecule has 0 bridgehead atoms. The predicted molar refractivity (Wildman–Crippen MR) is 70.0 cm³/mol. The molecule has 1 aromatic carbocycles. The van der Waals surface area contributed by atoms with Crippen molar-refractivity contribution in [1.82, 2.24) is 14.8 Å². The molecular weight excluding hydrogens is 210 g/mol. The smallest absolute Gasteiger partial charge is 0.0931 e. The molecule has 0 atom stereocenters. The Labute approximate surface area is 100 Å². The van der Waals surface area contributed by atoms with Crippen LogP contribution in [-0.2, 0) is 5.54 Å². The van der Waals surface area contributed by atoms with Gasteiger partial charge in [0.05, 0.1) is 16.6 Å². The molecule has 3 rings (SSSR count). The second-order valence-electron chi connectivity index (χ2n) is 5.31. The van der Waals surface area contributed by atoms with Crippen LogP contribution in [0.15, 0.2) is 36.7 Å². The van der Waals surface area contributed by atoms with Crippen molar-refractivity contribution in [2.75, 3.05) is 0 Å². The number of hydrogen-bond acceptors (Lipinski definition) is 2. The molecule has 0 amide bonds. The lowest BCUT2D eigenvalue weighted by Crippen LogP contribution is -2.21. The number of hydrogen-bond donors (Lipinski definition) is 0. The molecule has 0 saturated carbocycles. The van der Waals surface area contributed by atoms with Crippen molar-refractivity contribution in [1.29, 1.82) is 0 Å². The summed E-state index contributed by atoms with van der Waals surface area (Å²) in [5.74, 6) is 0. The fourth-order valence-electron chi connectivity index (χ4n) is 2.00. The molecule has 0 unspecified atom stereocenters. The van der Waals surface area contributed by atoms with Gasteiger partial charge in [-0.15, -0.1) is 0 Å². The minimum absolute atomic E-state index is 0.00749. The highest BCUT2D eigenvalue weighted by Gasteiger charge is 2.15. The Bertz CT molecular complexity index is 689. The fourth-order valence-corrected chi connectivity index (χ4v) is 2.00. The molecule has 0 spiro atoms. The first-order valence-corrected chi connectivity index (χ1v) is 5.79. The normalized spacial score (nSPS) is 12.4. The van der Waals surface area contributed by atoms with Gasteiger partial charge < -0.3 is 0 Å². The molecule has 0 aliphatic heterocycles. The number of benzene rings is 1. The van der Waals surface area contributed by atoms with Crippen LogP contribution in [0.3, 0.4) is 0 Å². The van der Waals surface area contributed by atoms with Gasteiger partial charge in [0.2, 0.25) is 0 Å². The van der Waals surface area contributed by atoms with E-state index in [0.717, 1.165) is 11.0 Å². The topological polar surface area (TPSA) is 30.7 Å². The number of fused-ring (bicyclic) bond motifs is 3. The van der Waals surface area contributed by atoms with E-state index in [1.165, 1.54) is 10.8 Å². The van der Waals surface area contributed by atoms with Crippen LogP contribution in [0.1, 0.15) is 20.8 Å². The SMILES string of the molecule is CC(C)(C)n1cc2c(ccc3ncccc32)n1. The van der Waals surface area contributed by atoms with E-state index in [-0.39, 0.29) is 5.54 Å². The average Bonchev–Trinajstić information content (AvgIpc) is 2.72. The molecule has 2 heterocycles. The van der Waals surface area contributed by atoms with Gasteiger partial charge in [-0.1, -0.05) is 6.07 Å². The van der Waals surface area contributed by atoms with Gasteiger partial charge in [0, 0.05) is 23.2 Å². The molecule has 0 radical (unpaired) electrons. The summed E-state index contributed by atoms with van der Waals surface area (Å²) in [6, 6.07) is 8.13. The Morgan fingerprint density at radius 2 is 1.76 bits per heavy atom. The third-order valence-electron chi connectivity index (χ3n) is 2.96. The quantitative estimate of drug-likeness (QED) is 0.587. The minimum atomic E-state index is 0.00749. The van der Waals surface area contributed by atoms with Crippen LogP contribution in [0.2, 0.25) is 0 Å². The molecule has 2 aromatic heterocycles. The summed E-state index contributed by atoms with van der Waals surface area (Å²) >= 11 is 0. The Hall–Kier alpha value is -1.90. The number of aromatic nitrogens is 3. The van der Waals surface area contributed by atoms with E-state index in [4.69, 9.17) is 0 Å². The van der Waals surface area contributed by atoms with E-state index in [9.17, 15) is 0 Å². The lowest BCUT2D eigenvalue weighted by molar-refractivity contribution is 0.358. The first-order chi connectivity index (χ1) is 8.05. The van der Waals surface area contributed by atoms with Crippen LogP contribution in [0.4, 0.5) is 0 Å². The Morgan fingerprint density at radius 3 is 2.53 bits per heavy atom. The summed E-state index contributed by atoms with van der Waals surface area (Å²) < 4.78 is 2.02. The van der Waals surface area contributed by atoms with Crippen molar-refractivity contribution < 1.29 is 0 Å². The van der Waals surface area contributed by atoms with Crippen LogP contribution in [0.5, 0.6) is 0 Å². The van der Waals surface area contributed by atoms with E-state index in [1.54, 1.807) is 0 Å². The maximum absolute atomic E-state index is 4.62. The summed E-state index contributed by atoms with van der Waals surface area (Å²) in [4.78, 5) is 4.37. The van der Waals surface area contributed by atoms with Gasteiger partial charge >= 0.3 is 0 Å². The molecule has 3 nitrogen and oxygen atoms in total. The van der Waals surface area contributed by atoms with E-state index >= 15 is 0 Å². The van der Waals surface area contributed by atoms with E-state index < -0.39 is 0 Å². The summed E-state index contributed by atoms with van der Waals surface area (Å²) in [6.45, 7) is 6.46. The molecule has 0 N–H and O–H groups in total. The van der Waals surface area contributed by atoms with Gasteiger partial charge in [-0.3, -0.25) is 9.67 Å². The molecular formula is C14H15N3. The molecule has 3 aromatic rings. The lowest BCUT2D eigenvalue weighted by Gasteiger charge is -2.18. The molecule has 0 saturated heterocycles. The van der Waals surface area contributed by atoms with Gasteiger partial charge in [-0.25, -0.2) is 0 Å². The zero-order chi connectivity index (χ0) is 12.0. The average molecular weight is 225 g/mol. The zero-order valence-electron chi connectivity index (χ0n) is 10.3. The summed E-state index contributed by atoms with van der Waals surface area (Å²) in [7, 11) is 0. The van der Waals surface area contributed by atoms with Gasteiger partial charge in [0.1, 0.15) is 0 Å².